The molecule has 0 radical (unpaired) electrons. The molecule has 0 aromatic heterocycles. The van der Waals surface area contributed by atoms with Crippen LogP contribution in [0.3, 0.4) is 0 Å². The van der Waals surface area contributed by atoms with Crippen molar-refractivity contribution in [2.75, 3.05) is 0 Å². The summed E-state index contributed by atoms with van der Waals surface area (Å²) in [6, 6.07) is 10.4. The lowest BCUT2D eigenvalue weighted by molar-refractivity contribution is -0.274. The van der Waals surface area contributed by atoms with E-state index in [2.05, 4.69) is 4.74 Å². The predicted molar refractivity (Wildman–Crippen MR) is 63.2 cm³/mol. The van der Waals surface area contributed by atoms with E-state index in [1.54, 1.807) is 6.07 Å². The van der Waals surface area contributed by atoms with Crippen LogP contribution >= 0.6 is 0 Å². The summed E-state index contributed by atoms with van der Waals surface area (Å²) in [6.07, 6.45) is -4.89. The van der Waals surface area contributed by atoms with Crippen LogP contribution in [-0.4, -0.2) is 6.36 Å². The van der Waals surface area contributed by atoms with Gasteiger partial charge in [-0.15, -0.1) is 13.2 Å². The zero-order valence-corrected chi connectivity index (χ0v) is 9.91. The Morgan fingerprint density at radius 3 is 2.40 bits per heavy atom. The molecule has 2 rings (SSSR count). The van der Waals surface area contributed by atoms with Crippen molar-refractivity contribution in [2.24, 2.45) is 0 Å². The van der Waals surface area contributed by atoms with Crippen LogP contribution in [0.1, 0.15) is 5.56 Å². The quantitative estimate of drug-likeness (QED) is 0.770. The average Bonchev–Trinajstić information content (AvgIpc) is 2.36. The minimum absolute atomic E-state index is 0.0180. The number of nitriles is 1. The third-order valence-electron chi connectivity index (χ3n) is 2.47. The number of hydrogen-bond donors (Lipinski definition) is 0. The Bertz CT molecular complexity index is 674. The topological polar surface area (TPSA) is 33.0 Å². The number of hydrogen-bond acceptors (Lipinski definition) is 2. The molecule has 0 saturated heterocycles. The van der Waals surface area contributed by atoms with Crippen molar-refractivity contribution in [3.63, 3.8) is 0 Å². The van der Waals surface area contributed by atoms with Crippen molar-refractivity contribution in [1.29, 1.82) is 5.26 Å². The average molecular weight is 281 g/mol. The van der Waals surface area contributed by atoms with E-state index in [9.17, 15) is 17.6 Å². The first-order chi connectivity index (χ1) is 9.39. The Morgan fingerprint density at radius 1 is 1.05 bits per heavy atom. The van der Waals surface area contributed by atoms with Gasteiger partial charge in [0.2, 0.25) is 0 Å². The molecule has 0 unspecified atom stereocenters. The summed E-state index contributed by atoms with van der Waals surface area (Å²) in [7, 11) is 0. The van der Waals surface area contributed by atoms with Gasteiger partial charge in [0.05, 0.1) is 11.6 Å². The monoisotopic (exact) mass is 281 g/mol. The summed E-state index contributed by atoms with van der Waals surface area (Å²) in [5.41, 5.74) is 0.305. The molecule has 0 atom stereocenters. The highest BCUT2D eigenvalue weighted by Gasteiger charge is 2.32. The highest BCUT2D eigenvalue weighted by molar-refractivity contribution is 5.71. The first-order valence-corrected chi connectivity index (χ1v) is 5.45. The lowest BCUT2D eigenvalue weighted by Crippen LogP contribution is -2.17. The smallest absolute Gasteiger partial charge is 0.405 e. The van der Waals surface area contributed by atoms with Gasteiger partial charge in [-0.3, -0.25) is 0 Å². The van der Waals surface area contributed by atoms with Gasteiger partial charge in [-0.25, -0.2) is 4.39 Å². The number of halogens is 4. The summed E-state index contributed by atoms with van der Waals surface area (Å²) in [5.74, 6) is -1.12. The predicted octanol–water partition coefficient (Wildman–Crippen LogP) is 4.26. The molecule has 0 bridgehead atoms. The molecule has 2 aromatic rings. The van der Waals surface area contributed by atoms with Crippen molar-refractivity contribution >= 4 is 0 Å². The summed E-state index contributed by atoms with van der Waals surface area (Å²) in [6.45, 7) is 0. The van der Waals surface area contributed by atoms with E-state index < -0.39 is 17.9 Å². The molecular weight excluding hydrogens is 274 g/mol. The molecule has 0 aliphatic carbocycles. The molecule has 2 aromatic carbocycles. The van der Waals surface area contributed by atoms with Crippen LogP contribution in [0.15, 0.2) is 42.5 Å². The molecule has 0 aliphatic heterocycles. The zero-order chi connectivity index (χ0) is 14.8. The minimum Gasteiger partial charge on any atom is -0.405 e. The Morgan fingerprint density at radius 2 is 1.80 bits per heavy atom. The molecule has 6 heteroatoms. The third-order valence-corrected chi connectivity index (χ3v) is 2.47. The van der Waals surface area contributed by atoms with Gasteiger partial charge in [0.15, 0.2) is 0 Å². The Labute approximate surface area is 111 Å². The first-order valence-electron chi connectivity index (χ1n) is 5.45. The molecular formula is C14H7F4NO. The molecule has 20 heavy (non-hydrogen) atoms. The largest absolute Gasteiger partial charge is 0.573 e. The van der Waals surface area contributed by atoms with Crippen molar-refractivity contribution in [3.05, 3.63) is 53.8 Å². The van der Waals surface area contributed by atoms with Crippen molar-refractivity contribution < 1.29 is 22.3 Å². The van der Waals surface area contributed by atoms with E-state index in [0.717, 1.165) is 12.1 Å². The van der Waals surface area contributed by atoms with Crippen molar-refractivity contribution in [3.8, 4) is 22.9 Å². The lowest BCUT2D eigenvalue weighted by atomic mass is 10.0. The van der Waals surface area contributed by atoms with Crippen molar-refractivity contribution in [2.45, 2.75) is 6.36 Å². The standard InChI is InChI=1S/C14H7F4NO/c15-11-3-1-2-10(7-11)12-5-4-9(8-19)6-13(12)20-14(16,17)18/h1-7H. The van der Waals surface area contributed by atoms with Crippen molar-refractivity contribution in [1.82, 2.24) is 0 Å². The Hall–Kier alpha value is -2.55. The van der Waals surface area contributed by atoms with Gasteiger partial charge in [0.25, 0.3) is 0 Å². The summed E-state index contributed by atoms with van der Waals surface area (Å²) in [4.78, 5) is 0. The Kier molecular flexibility index (Phi) is 3.61. The highest BCUT2D eigenvalue weighted by Crippen LogP contribution is 2.34. The summed E-state index contributed by atoms with van der Waals surface area (Å²) < 4.78 is 54.2. The van der Waals surface area contributed by atoms with Gasteiger partial charge in [0, 0.05) is 5.56 Å². The van der Waals surface area contributed by atoms with Crippen LogP contribution in [-0.2, 0) is 0 Å². The molecule has 0 fully saturated rings. The maximum absolute atomic E-state index is 13.2. The van der Waals surface area contributed by atoms with Gasteiger partial charge in [-0.2, -0.15) is 5.26 Å². The minimum atomic E-state index is -4.89. The van der Waals surface area contributed by atoms with Gasteiger partial charge in [-0.05, 0) is 35.9 Å². The van der Waals surface area contributed by atoms with Gasteiger partial charge >= 0.3 is 6.36 Å². The SMILES string of the molecule is N#Cc1ccc(-c2cccc(F)c2)c(OC(F)(F)F)c1. The first kappa shape index (κ1) is 13.9. The molecule has 2 nitrogen and oxygen atoms in total. The molecule has 0 saturated carbocycles. The number of benzene rings is 2. The number of nitrogens with zero attached hydrogens (tertiary/aromatic N) is 1. The van der Waals surface area contributed by atoms with E-state index in [1.165, 1.54) is 30.3 Å². The van der Waals surface area contributed by atoms with Crippen LogP contribution in [0, 0.1) is 17.1 Å². The molecule has 0 amide bonds. The second kappa shape index (κ2) is 5.21. The maximum atomic E-state index is 13.2. The van der Waals surface area contributed by atoms with E-state index in [1.807, 2.05) is 0 Å². The highest BCUT2D eigenvalue weighted by atomic mass is 19.4. The second-order valence-electron chi connectivity index (χ2n) is 3.88. The fraction of sp³-hybridized carbons (Fsp3) is 0.0714. The molecule has 0 heterocycles. The zero-order valence-electron chi connectivity index (χ0n) is 9.91. The maximum Gasteiger partial charge on any atom is 0.573 e. The molecule has 0 N–H and O–H groups in total. The van der Waals surface area contributed by atoms with Gasteiger partial charge in [0.1, 0.15) is 11.6 Å². The van der Waals surface area contributed by atoms with E-state index >= 15 is 0 Å². The van der Waals surface area contributed by atoms with Crippen LogP contribution in [0.4, 0.5) is 17.6 Å². The number of alkyl halides is 3. The summed E-state index contributed by atoms with van der Waals surface area (Å²) >= 11 is 0. The van der Waals surface area contributed by atoms with E-state index in [0.29, 0.717) is 0 Å². The van der Waals surface area contributed by atoms with Crippen LogP contribution in [0.25, 0.3) is 11.1 Å². The number of ether oxygens (including phenoxy) is 1. The van der Waals surface area contributed by atoms with Crippen LogP contribution in [0.2, 0.25) is 0 Å². The lowest BCUT2D eigenvalue weighted by Gasteiger charge is -2.13. The van der Waals surface area contributed by atoms with Gasteiger partial charge in [-0.1, -0.05) is 12.1 Å². The third kappa shape index (κ3) is 3.26. The number of rotatable bonds is 2. The van der Waals surface area contributed by atoms with Gasteiger partial charge < -0.3 is 4.74 Å². The fourth-order valence-electron chi connectivity index (χ4n) is 1.70. The molecule has 0 spiro atoms. The summed E-state index contributed by atoms with van der Waals surface area (Å²) in [5, 5.41) is 8.72. The fourth-order valence-corrected chi connectivity index (χ4v) is 1.70. The second-order valence-corrected chi connectivity index (χ2v) is 3.88. The van der Waals surface area contributed by atoms with E-state index in [-0.39, 0.29) is 16.7 Å². The van der Waals surface area contributed by atoms with E-state index in [4.69, 9.17) is 5.26 Å². The Balaban J connectivity index is 2.55. The van der Waals surface area contributed by atoms with Crippen LogP contribution in [0.5, 0.6) is 5.75 Å². The molecule has 102 valence electrons. The normalized spacial score (nSPS) is 10.9. The van der Waals surface area contributed by atoms with Crippen LogP contribution < -0.4 is 4.74 Å². The molecule has 0 aliphatic rings.